The number of carboxylic acid groups (broad SMARTS) is 2. The van der Waals surface area contributed by atoms with Crippen molar-refractivity contribution in [2.45, 2.75) is 0 Å². The molecule has 0 amide bonds. The first-order chi connectivity index (χ1) is 7.34. The zero-order chi connectivity index (χ0) is 12.5. The van der Waals surface area contributed by atoms with Crippen molar-refractivity contribution in [2.75, 3.05) is 5.73 Å². The Morgan fingerprint density at radius 1 is 1.19 bits per heavy atom. The number of nitrogens with two attached hydrogens (primary N) is 1. The molecule has 0 unspecified atom stereocenters. The van der Waals surface area contributed by atoms with Crippen LogP contribution in [0.15, 0.2) is 12.1 Å². The Kier molecular flexibility index (Phi) is 2.75. The molecule has 0 aliphatic heterocycles. The third kappa shape index (κ3) is 1.90. The van der Waals surface area contributed by atoms with Crippen molar-refractivity contribution in [3.05, 3.63) is 33.4 Å². The Morgan fingerprint density at radius 2 is 1.56 bits per heavy atom. The topological polar surface area (TPSA) is 144 Å². The summed E-state index contributed by atoms with van der Waals surface area (Å²) in [5, 5.41) is 28.0. The molecule has 0 fully saturated rings. The summed E-state index contributed by atoms with van der Waals surface area (Å²) in [5.74, 6) is -3.22. The van der Waals surface area contributed by atoms with Crippen LogP contribution in [-0.4, -0.2) is 27.1 Å². The highest BCUT2D eigenvalue weighted by Crippen LogP contribution is 2.27. The third-order valence-corrected chi connectivity index (χ3v) is 1.78. The molecule has 0 saturated heterocycles. The average Bonchev–Trinajstić information content (AvgIpc) is 2.15. The van der Waals surface area contributed by atoms with Crippen molar-refractivity contribution >= 4 is 23.3 Å². The molecule has 8 nitrogen and oxygen atoms in total. The molecule has 84 valence electrons. The van der Waals surface area contributed by atoms with Gasteiger partial charge in [-0.15, -0.1) is 0 Å². The first-order valence-corrected chi connectivity index (χ1v) is 3.89. The van der Waals surface area contributed by atoms with E-state index in [4.69, 9.17) is 15.9 Å². The smallest absolute Gasteiger partial charge is 0.342 e. The van der Waals surface area contributed by atoms with Crippen LogP contribution in [0.4, 0.5) is 11.4 Å². The van der Waals surface area contributed by atoms with Crippen LogP contribution in [0.25, 0.3) is 0 Å². The van der Waals surface area contributed by atoms with Crippen molar-refractivity contribution in [3.8, 4) is 0 Å². The number of aromatic carboxylic acids is 2. The van der Waals surface area contributed by atoms with E-state index in [9.17, 15) is 19.7 Å². The fraction of sp³-hybridized carbons (Fsp3) is 0. The van der Waals surface area contributed by atoms with Gasteiger partial charge in [0, 0.05) is 5.69 Å². The van der Waals surface area contributed by atoms with Crippen LogP contribution in [0.2, 0.25) is 0 Å². The van der Waals surface area contributed by atoms with Crippen LogP contribution < -0.4 is 5.73 Å². The SMILES string of the molecule is Nc1cc(C(=O)O)c([N+](=O)[O-])c(C(=O)O)c1. The van der Waals surface area contributed by atoms with Crippen molar-refractivity contribution in [3.63, 3.8) is 0 Å². The molecular formula is C8H6N2O6. The second-order valence-electron chi connectivity index (χ2n) is 2.83. The van der Waals surface area contributed by atoms with Gasteiger partial charge >= 0.3 is 11.9 Å². The minimum Gasteiger partial charge on any atom is -0.477 e. The van der Waals surface area contributed by atoms with Gasteiger partial charge in [0.15, 0.2) is 0 Å². The maximum Gasteiger partial charge on any atom is 0.342 e. The molecule has 0 radical (unpaired) electrons. The Bertz CT molecular complexity index is 460. The normalized spacial score (nSPS) is 9.75. The van der Waals surface area contributed by atoms with E-state index in [0.717, 1.165) is 12.1 Å². The van der Waals surface area contributed by atoms with Crippen molar-refractivity contribution in [1.82, 2.24) is 0 Å². The standard InChI is InChI=1S/C8H6N2O6/c9-3-1-4(7(11)12)6(10(15)16)5(2-3)8(13)14/h1-2H,9H2,(H,11,12)(H,13,14). The van der Waals surface area contributed by atoms with Gasteiger partial charge in [-0.1, -0.05) is 0 Å². The first-order valence-electron chi connectivity index (χ1n) is 3.89. The van der Waals surface area contributed by atoms with Gasteiger partial charge in [-0.25, -0.2) is 9.59 Å². The van der Waals surface area contributed by atoms with E-state index in [0.29, 0.717) is 0 Å². The molecule has 1 rings (SSSR count). The lowest BCUT2D eigenvalue weighted by Crippen LogP contribution is -2.10. The molecule has 4 N–H and O–H groups in total. The van der Waals surface area contributed by atoms with Crippen LogP contribution in [0.5, 0.6) is 0 Å². The summed E-state index contributed by atoms with van der Waals surface area (Å²) in [5.41, 5.74) is 2.62. The number of rotatable bonds is 3. The van der Waals surface area contributed by atoms with Gasteiger partial charge in [0.25, 0.3) is 5.69 Å². The Hall–Kier alpha value is -2.64. The molecule has 0 aliphatic carbocycles. The number of anilines is 1. The molecule has 1 aromatic rings. The van der Waals surface area contributed by atoms with Gasteiger partial charge < -0.3 is 15.9 Å². The second-order valence-corrected chi connectivity index (χ2v) is 2.83. The molecule has 0 aliphatic rings. The fourth-order valence-corrected chi connectivity index (χ4v) is 1.18. The molecule has 16 heavy (non-hydrogen) atoms. The van der Waals surface area contributed by atoms with Crippen LogP contribution in [-0.2, 0) is 0 Å². The van der Waals surface area contributed by atoms with E-state index in [1.165, 1.54) is 0 Å². The highest BCUT2D eigenvalue weighted by Gasteiger charge is 2.28. The Balaban J connectivity index is 3.67. The van der Waals surface area contributed by atoms with E-state index in [1.807, 2.05) is 0 Å². The number of hydrogen-bond donors (Lipinski definition) is 3. The van der Waals surface area contributed by atoms with Crippen molar-refractivity contribution in [1.29, 1.82) is 0 Å². The highest BCUT2D eigenvalue weighted by atomic mass is 16.6. The minimum atomic E-state index is -1.61. The summed E-state index contributed by atoms with van der Waals surface area (Å²) in [6.07, 6.45) is 0. The number of benzene rings is 1. The third-order valence-electron chi connectivity index (χ3n) is 1.78. The van der Waals surface area contributed by atoms with Gasteiger partial charge in [-0.05, 0) is 12.1 Å². The fourth-order valence-electron chi connectivity index (χ4n) is 1.18. The number of hydrogen-bond acceptors (Lipinski definition) is 5. The first kappa shape index (κ1) is 11.4. The van der Waals surface area contributed by atoms with E-state index in [2.05, 4.69) is 0 Å². The number of carboxylic acids is 2. The molecular weight excluding hydrogens is 220 g/mol. The largest absolute Gasteiger partial charge is 0.477 e. The number of nitrogen functional groups attached to an aromatic ring is 1. The van der Waals surface area contributed by atoms with Crippen LogP contribution in [0.1, 0.15) is 20.7 Å². The van der Waals surface area contributed by atoms with E-state index in [1.54, 1.807) is 0 Å². The van der Waals surface area contributed by atoms with Gasteiger partial charge in [-0.2, -0.15) is 0 Å². The minimum absolute atomic E-state index is 0.166. The zero-order valence-electron chi connectivity index (χ0n) is 7.71. The lowest BCUT2D eigenvalue weighted by molar-refractivity contribution is -0.385. The maximum atomic E-state index is 10.7. The average molecular weight is 226 g/mol. The summed E-state index contributed by atoms with van der Waals surface area (Å²) in [6.45, 7) is 0. The Morgan fingerprint density at radius 3 is 1.81 bits per heavy atom. The molecule has 8 heteroatoms. The predicted octanol–water partition coefficient (Wildman–Crippen LogP) is 0.573. The molecule has 0 spiro atoms. The van der Waals surface area contributed by atoms with Crippen molar-refractivity contribution in [2.24, 2.45) is 0 Å². The predicted molar refractivity (Wildman–Crippen MR) is 51.4 cm³/mol. The Labute approximate surface area is 88.1 Å². The van der Waals surface area contributed by atoms with Crippen LogP contribution in [0.3, 0.4) is 0 Å². The molecule has 1 aromatic carbocycles. The van der Waals surface area contributed by atoms with E-state index in [-0.39, 0.29) is 5.69 Å². The molecule has 0 atom stereocenters. The van der Waals surface area contributed by atoms with E-state index < -0.39 is 33.7 Å². The second kappa shape index (κ2) is 3.85. The van der Waals surface area contributed by atoms with Gasteiger partial charge in [-0.3, -0.25) is 10.1 Å². The summed E-state index contributed by atoms with van der Waals surface area (Å²) < 4.78 is 0. The van der Waals surface area contributed by atoms with E-state index >= 15 is 0 Å². The summed E-state index contributed by atoms with van der Waals surface area (Å²) in [4.78, 5) is 30.9. The summed E-state index contributed by atoms with van der Waals surface area (Å²) in [7, 11) is 0. The van der Waals surface area contributed by atoms with Crippen LogP contribution >= 0.6 is 0 Å². The summed E-state index contributed by atoms with van der Waals surface area (Å²) in [6, 6.07) is 1.68. The lowest BCUT2D eigenvalue weighted by atomic mass is 10.1. The van der Waals surface area contributed by atoms with Gasteiger partial charge in [0.05, 0.1) is 4.92 Å². The molecule has 0 heterocycles. The van der Waals surface area contributed by atoms with Gasteiger partial charge in [0.1, 0.15) is 11.1 Å². The molecule has 0 bridgehead atoms. The van der Waals surface area contributed by atoms with Crippen LogP contribution in [0, 0.1) is 10.1 Å². The maximum absolute atomic E-state index is 10.7. The number of nitro benzene ring substituents is 1. The van der Waals surface area contributed by atoms with Gasteiger partial charge in [0.2, 0.25) is 0 Å². The zero-order valence-corrected chi connectivity index (χ0v) is 7.71. The lowest BCUT2D eigenvalue weighted by Gasteiger charge is -2.03. The molecule has 0 aromatic heterocycles. The quantitative estimate of drug-likeness (QED) is 0.388. The monoisotopic (exact) mass is 226 g/mol. The highest BCUT2D eigenvalue weighted by molar-refractivity contribution is 6.02. The molecule has 0 saturated carbocycles. The number of carbonyl (C=O) groups is 2. The number of nitro groups is 1. The van der Waals surface area contributed by atoms with Crippen molar-refractivity contribution < 1.29 is 24.7 Å². The number of nitrogens with zero attached hydrogens (tertiary/aromatic N) is 1. The summed E-state index contributed by atoms with van der Waals surface area (Å²) >= 11 is 0.